The predicted octanol–water partition coefficient (Wildman–Crippen LogP) is 2.32. The number of aldehydes is 1. The standard InChI is InChI=1S/C11H9Cl2NO4/c1-5(16)14-10-8(13)3-2-7(12)9(10)6(4-15)11(17)18/h2-4,6H,1H3,(H,14,16)(H,17,18). The molecule has 0 aliphatic carbocycles. The molecule has 0 aromatic heterocycles. The van der Waals surface area contributed by atoms with Crippen molar-refractivity contribution in [3.8, 4) is 0 Å². The average Bonchev–Trinajstić information content (AvgIpc) is 2.27. The maximum absolute atomic E-state index is 11.1. The quantitative estimate of drug-likeness (QED) is 0.658. The number of nitrogens with one attached hydrogen (secondary N) is 1. The number of hydrogen-bond donors (Lipinski definition) is 2. The Labute approximate surface area is 113 Å². The minimum Gasteiger partial charge on any atom is -0.480 e. The maximum atomic E-state index is 11.1. The SMILES string of the molecule is CC(=O)Nc1c(Cl)ccc(Cl)c1C(C=O)C(=O)O. The fourth-order valence-electron chi connectivity index (χ4n) is 1.42. The molecule has 96 valence electrons. The molecule has 0 saturated carbocycles. The molecule has 1 rings (SSSR count). The van der Waals surface area contributed by atoms with Gasteiger partial charge in [0.05, 0.1) is 10.7 Å². The van der Waals surface area contributed by atoms with Crippen molar-refractivity contribution in [1.82, 2.24) is 0 Å². The summed E-state index contributed by atoms with van der Waals surface area (Å²) in [5.74, 6) is -3.31. The van der Waals surface area contributed by atoms with Crippen molar-refractivity contribution in [2.45, 2.75) is 12.8 Å². The minimum atomic E-state index is -1.49. The van der Waals surface area contributed by atoms with Gasteiger partial charge >= 0.3 is 5.97 Å². The summed E-state index contributed by atoms with van der Waals surface area (Å²) in [6, 6.07) is 2.77. The van der Waals surface area contributed by atoms with Gasteiger partial charge in [0.1, 0.15) is 12.2 Å². The predicted molar refractivity (Wildman–Crippen MR) is 67.2 cm³/mol. The summed E-state index contributed by atoms with van der Waals surface area (Å²) in [6.45, 7) is 1.23. The van der Waals surface area contributed by atoms with Crippen LogP contribution in [0.3, 0.4) is 0 Å². The Bertz CT molecular complexity index is 516. The highest BCUT2D eigenvalue weighted by atomic mass is 35.5. The van der Waals surface area contributed by atoms with Crippen LogP contribution < -0.4 is 5.32 Å². The Morgan fingerprint density at radius 1 is 1.33 bits per heavy atom. The number of carboxylic acids is 1. The molecule has 0 heterocycles. The van der Waals surface area contributed by atoms with Crippen LogP contribution in [-0.2, 0) is 14.4 Å². The van der Waals surface area contributed by atoms with Crippen LogP contribution in [0.15, 0.2) is 12.1 Å². The third-order valence-electron chi connectivity index (χ3n) is 2.16. The van der Waals surface area contributed by atoms with E-state index in [4.69, 9.17) is 28.3 Å². The van der Waals surface area contributed by atoms with E-state index in [1.165, 1.54) is 19.1 Å². The monoisotopic (exact) mass is 289 g/mol. The summed E-state index contributed by atoms with van der Waals surface area (Å²) in [4.78, 5) is 32.9. The first kappa shape index (κ1) is 14.5. The zero-order valence-corrected chi connectivity index (χ0v) is 10.7. The lowest BCUT2D eigenvalue weighted by Crippen LogP contribution is -2.17. The molecular weight excluding hydrogens is 281 g/mol. The molecule has 5 nitrogen and oxygen atoms in total. The molecule has 0 aliphatic heterocycles. The summed E-state index contributed by atoms with van der Waals surface area (Å²) >= 11 is 11.7. The molecule has 0 saturated heterocycles. The Morgan fingerprint density at radius 3 is 2.33 bits per heavy atom. The molecule has 1 unspecified atom stereocenters. The van der Waals surface area contributed by atoms with Crippen LogP contribution >= 0.6 is 23.2 Å². The van der Waals surface area contributed by atoms with Gasteiger partial charge in [-0.15, -0.1) is 0 Å². The van der Waals surface area contributed by atoms with Gasteiger partial charge in [-0.05, 0) is 12.1 Å². The number of benzene rings is 1. The van der Waals surface area contributed by atoms with Gasteiger partial charge in [0.2, 0.25) is 5.91 Å². The number of amides is 1. The van der Waals surface area contributed by atoms with E-state index in [1.807, 2.05) is 0 Å². The number of carbonyl (C=O) groups is 3. The van der Waals surface area contributed by atoms with Crippen molar-refractivity contribution in [3.05, 3.63) is 27.7 Å². The highest BCUT2D eigenvalue weighted by Crippen LogP contribution is 2.36. The molecule has 1 aromatic rings. The lowest BCUT2D eigenvalue weighted by Gasteiger charge is -2.15. The van der Waals surface area contributed by atoms with Gasteiger partial charge in [0.15, 0.2) is 0 Å². The zero-order chi connectivity index (χ0) is 13.9. The first-order valence-electron chi connectivity index (χ1n) is 4.82. The second-order valence-corrected chi connectivity index (χ2v) is 4.27. The summed E-state index contributed by atoms with van der Waals surface area (Å²) in [5.41, 5.74) is 0.0121. The number of carboxylic acid groups (broad SMARTS) is 1. The van der Waals surface area contributed by atoms with E-state index in [1.54, 1.807) is 0 Å². The molecule has 0 fully saturated rings. The molecule has 7 heteroatoms. The first-order valence-corrected chi connectivity index (χ1v) is 5.57. The minimum absolute atomic E-state index is 0.0260. The van der Waals surface area contributed by atoms with Crippen LogP contribution in [-0.4, -0.2) is 23.3 Å². The normalized spacial score (nSPS) is 11.7. The molecule has 1 amide bonds. The number of hydrogen-bond acceptors (Lipinski definition) is 3. The van der Waals surface area contributed by atoms with Crippen LogP contribution in [0, 0.1) is 0 Å². The number of halogens is 2. The van der Waals surface area contributed by atoms with E-state index in [-0.39, 0.29) is 27.6 Å². The van der Waals surface area contributed by atoms with Crippen molar-refractivity contribution in [3.63, 3.8) is 0 Å². The largest absolute Gasteiger partial charge is 0.480 e. The first-order chi connectivity index (χ1) is 8.38. The fourth-order valence-corrected chi connectivity index (χ4v) is 1.91. The van der Waals surface area contributed by atoms with Crippen molar-refractivity contribution in [2.75, 3.05) is 5.32 Å². The van der Waals surface area contributed by atoms with E-state index in [0.717, 1.165) is 0 Å². The molecule has 18 heavy (non-hydrogen) atoms. The lowest BCUT2D eigenvalue weighted by molar-refractivity contribution is -0.140. The summed E-state index contributed by atoms with van der Waals surface area (Å²) in [7, 11) is 0. The number of aliphatic carboxylic acids is 1. The van der Waals surface area contributed by atoms with Crippen LogP contribution in [0.4, 0.5) is 5.69 Å². The number of anilines is 1. The lowest BCUT2D eigenvalue weighted by atomic mass is 9.98. The fraction of sp³-hybridized carbons (Fsp3) is 0.182. The Morgan fingerprint density at radius 2 is 1.89 bits per heavy atom. The van der Waals surface area contributed by atoms with Crippen LogP contribution in [0.1, 0.15) is 18.4 Å². The molecule has 0 bridgehead atoms. The van der Waals surface area contributed by atoms with Crippen LogP contribution in [0.2, 0.25) is 10.0 Å². The van der Waals surface area contributed by atoms with E-state index < -0.39 is 17.8 Å². The van der Waals surface area contributed by atoms with Gasteiger partial charge in [-0.1, -0.05) is 23.2 Å². The molecule has 0 aliphatic rings. The van der Waals surface area contributed by atoms with Crippen molar-refractivity contribution in [1.29, 1.82) is 0 Å². The number of carbonyl (C=O) groups excluding carboxylic acids is 2. The third-order valence-corrected chi connectivity index (χ3v) is 2.80. The van der Waals surface area contributed by atoms with Crippen molar-refractivity contribution < 1.29 is 19.5 Å². The molecule has 0 spiro atoms. The molecule has 0 radical (unpaired) electrons. The van der Waals surface area contributed by atoms with Gasteiger partial charge in [0, 0.05) is 17.5 Å². The van der Waals surface area contributed by atoms with Gasteiger partial charge in [-0.3, -0.25) is 9.59 Å². The Balaban J connectivity index is 3.47. The van der Waals surface area contributed by atoms with Gasteiger partial charge in [-0.2, -0.15) is 0 Å². The van der Waals surface area contributed by atoms with Crippen LogP contribution in [0.25, 0.3) is 0 Å². The summed E-state index contributed by atoms with van der Waals surface area (Å²) < 4.78 is 0. The van der Waals surface area contributed by atoms with Gasteiger partial charge < -0.3 is 15.2 Å². The van der Waals surface area contributed by atoms with E-state index in [0.29, 0.717) is 0 Å². The van der Waals surface area contributed by atoms with E-state index >= 15 is 0 Å². The Kier molecular flexibility index (Phi) is 4.69. The number of rotatable bonds is 4. The third kappa shape index (κ3) is 3.00. The van der Waals surface area contributed by atoms with E-state index in [2.05, 4.69) is 5.32 Å². The highest BCUT2D eigenvalue weighted by Gasteiger charge is 2.26. The topological polar surface area (TPSA) is 83.5 Å². The highest BCUT2D eigenvalue weighted by molar-refractivity contribution is 6.37. The molecule has 2 N–H and O–H groups in total. The Hall–Kier alpha value is -1.59. The summed E-state index contributed by atoms with van der Waals surface area (Å²) in [5, 5.41) is 11.5. The van der Waals surface area contributed by atoms with Gasteiger partial charge in [0.25, 0.3) is 0 Å². The molecule has 1 atom stereocenters. The smallest absolute Gasteiger partial charge is 0.318 e. The molecule has 1 aromatic carbocycles. The molecular formula is C11H9Cl2NO4. The zero-order valence-electron chi connectivity index (χ0n) is 9.24. The van der Waals surface area contributed by atoms with Gasteiger partial charge in [-0.25, -0.2) is 0 Å². The second kappa shape index (κ2) is 5.84. The average molecular weight is 290 g/mol. The summed E-state index contributed by atoms with van der Waals surface area (Å²) in [6.07, 6.45) is 0.227. The van der Waals surface area contributed by atoms with Crippen molar-refractivity contribution in [2.24, 2.45) is 0 Å². The second-order valence-electron chi connectivity index (χ2n) is 3.45. The maximum Gasteiger partial charge on any atom is 0.318 e. The van der Waals surface area contributed by atoms with E-state index in [9.17, 15) is 14.4 Å². The van der Waals surface area contributed by atoms with Crippen molar-refractivity contribution >= 4 is 47.1 Å². The van der Waals surface area contributed by atoms with Crippen LogP contribution in [0.5, 0.6) is 0 Å².